The van der Waals surface area contributed by atoms with Gasteiger partial charge in [-0.15, -0.1) is 0 Å². The third kappa shape index (κ3) is 10.00. The molecule has 2 atom stereocenters. The van der Waals surface area contributed by atoms with Gasteiger partial charge in [-0.3, -0.25) is 24.2 Å². The first-order valence-corrected chi connectivity index (χ1v) is 18.8. The topological polar surface area (TPSA) is 201 Å². The molecule has 1 saturated carbocycles. The number of aromatic nitrogens is 1. The number of nitrogens with one attached hydrogen (secondary N) is 6. The Balaban J connectivity index is 1.13. The van der Waals surface area contributed by atoms with Gasteiger partial charge in [0.15, 0.2) is 11.4 Å². The van der Waals surface area contributed by atoms with Crippen LogP contribution >= 0.6 is 0 Å². The zero-order chi connectivity index (χ0) is 40.1. The minimum absolute atomic E-state index is 0.0729. The van der Waals surface area contributed by atoms with Gasteiger partial charge in [0.1, 0.15) is 17.7 Å². The average Bonchev–Trinajstić information content (AvgIpc) is 3.73. The average molecular weight is 771 g/mol. The molecule has 4 aromatic rings. The molecule has 1 aliphatic carbocycles. The van der Waals surface area contributed by atoms with Crippen molar-refractivity contribution in [2.75, 3.05) is 18.4 Å². The second kappa shape index (κ2) is 16.8. The number of fused-ring (bicyclic) bond motifs is 1. The number of halogens is 1. The predicted octanol–water partition coefficient (Wildman–Crippen LogP) is 4.85. The van der Waals surface area contributed by atoms with Crippen LogP contribution in [0.3, 0.4) is 0 Å². The van der Waals surface area contributed by atoms with Crippen molar-refractivity contribution >= 4 is 46.5 Å². The smallest absolute Gasteiger partial charge is 0.417 e. The molecule has 2 fully saturated rings. The number of rotatable bonds is 11. The molecule has 296 valence electrons. The van der Waals surface area contributed by atoms with E-state index in [1.165, 1.54) is 6.07 Å². The number of aryl methyl sites for hydroxylation is 1. The summed E-state index contributed by atoms with van der Waals surface area (Å²) in [4.78, 5) is 78.3. The molecular weight excluding hydrogens is 723 g/mol. The van der Waals surface area contributed by atoms with Gasteiger partial charge < -0.3 is 35.7 Å². The molecule has 0 bridgehead atoms. The summed E-state index contributed by atoms with van der Waals surface area (Å²) < 4.78 is 24.9. The molecule has 5 amide bonds. The van der Waals surface area contributed by atoms with E-state index in [1.54, 1.807) is 32.9 Å². The van der Waals surface area contributed by atoms with E-state index < -0.39 is 41.3 Å². The number of benzene rings is 3. The van der Waals surface area contributed by atoms with Crippen LogP contribution in [0.25, 0.3) is 22.2 Å². The molecule has 56 heavy (non-hydrogen) atoms. The number of oxazole rings is 1. The molecule has 0 radical (unpaired) electrons. The number of carbonyl (C=O) groups is 5. The van der Waals surface area contributed by atoms with Crippen LogP contribution in [0.1, 0.15) is 74.4 Å². The highest BCUT2D eigenvalue weighted by Gasteiger charge is 2.31. The Bertz CT molecular complexity index is 2180. The van der Waals surface area contributed by atoms with Gasteiger partial charge in [-0.05, 0) is 106 Å². The summed E-state index contributed by atoms with van der Waals surface area (Å²) >= 11 is 0. The van der Waals surface area contributed by atoms with E-state index in [0.717, 1.165) is 28.3 Å². The maximum atomic E-state index is 14.7. The van der Waals surface area contributed by atoms with Crippen molar-refractivity contribution in [2.24, 2.45) is 11.8 Å². The predicted molar refractivity (Wildman–Crippen MR) is 206 cm³/mol. The van der Waals surface area contributed by atoms with Crippen LogP contribution in [-0.2, 0) is 25.5 Å². The van der Waals surface area contributed by atoms with Crippen LogP contribution in [0, 0.1) is 24.6 Å². The first-order chi connectivity index (χ1) is 26.6. The van der Waals surface area contributed by atoms with Crippen molar-refractivity contribution in [2.45, 2.75) is 83.9 Å². The summed E-state index contributed by atoms with van der Waals surface area (Å²) in [5, 5.41) is 13.9. The fourth-order valence-corrected chi connectivity index (χ4v) is 7.15. The minimum atomic E-state index is -1.04. The summed E-state index contributed by atoms with van der Waals surface area (Å²) in [5.74, 6) is -3.22. The molecule has 1 saturated heterocycles. The second-order valence-electron chi connectivity index (χ2n) is 15.5. The molecule has 0 unspecified atom stereocenters. The first-order valence-electron chi connectivity index (χ1n) is 18.8. The number of hydrogen-bond donors (Lipinski definition) is 6. The van der Waals surface area contributed by atoms with Crippen molar-refractivity contribution in [1.82, 2.24) is 26.3 Å². The van der Waals surface area contributed by atoms with Crippen LogP contribution in [0.2, 0.25) is 0 Å². The zero-order valence-corrected chi connectivity index (χ0v) is 31.8. The quantitative estimate of drug-likeness (QED) is 0.124. The highest BCUT2D eigenvalue weighted by atomic mass is 19.1. The lowest BCUT2D eigenvalue weighted by Gasteiger charge is -2.29. The molecule has 15 heteroatoms. The number of aromatic amines is 1. The van der Waals surface area contributed by atoms with Gasteiger partial charge in [-0.1, -0.05) is 30.3 Å². The van der Waals surface area contributed by atoms with Gasteiger partial charge in [0.25, 0.3) is 5.91 Å². The highest BCUT2D eigenvalue weighted by molar-refractivity contribution is 5.99. The molecule has 14 nitrogen and oxygen atoms in total. The first kappa shape index (κ1) is 39.7. The Morgan fingerprint density at radius 3 is 2.36 bits per heavy atom. The van der Waals surface area contributed by atoms with Crippen LogP contribution < -0.4 is 32.3 Å². The van der Waals surface area contributed by atoms with E-state index in [0.29, 0.717) is 50.8 Å². The van der Waals surface area contributed by atoms with Crippen LogP contribution in [0.4, 0.5) is 14.9 Å². The minimum Gasteiger partial charge on any atom is -0.444 e. The fourth-order valence-electron chi connectivity index (χ4n) is 7.15. The number of anilines is 1. The molecular formula is C41H47FN6O8. The van der Waals surface area contributed by atoms with Gasteiger partial charge in [0.2, 0.25) is 17.7 Å². The zero-order valence-electron chi connectivity index (χ0n) is 31.8. The lowest BCUT2D eigenvalue weighted by atomic mass is 9.81. The van der Waals surface area contributed by atoms with Gasteiger partial charge in [-0.2, -0.15) is 0 Å². The molecule has 3 aromatic carbocycles. The Labute approximate surface area is 322 Å². The van der Waals surface area contributed by atoms with E-state index in [4.69, 9.17) is 9.15 Å². The fraction of sp³-hybridized carbons (Fsp3) is 0.415. The van der Waals surface area contributed by atoms with E-state index in [-0.39, 0.29) is 52.8 Å². The number of H-pyrrole nitrogens is 1. The Kier molecular flexibility index (Phi) is 11.9. The maximum absolute atomic E-state index is 14.7. The molecule has 6 N–H and O–H groups in total. The third-order valence-electron chi connectivity index (χ3n) is 10.1. The largest absolute Gasteiger partial charge is 0.444 e. The summed E-state index contributed by atoms with van der Waals surface area (Å²) in [5.41, 5.74) is 3.08. The Morgan fingerprint density at radius 1 is 0.964 bits per heavy atom. The standard InChI is InChI=1S/C41H47FN6O8/c1-22-17-27(36(50)46-31-15-16-43-37(31)51)13-14-29(22)25-9-5-23(6-10-25)18-33(38(52)45-28-19-30(42)34-32(20-28)48-40(54)55-34)47-35(49)26-11-7-24(8-12-26)21-44-39(53)56-41(2,3)4/h5-6,9-10,13-14,17,19-20,24,26,31,33H,7-8,11-12,15-16,18,21H2,1-4H3,(H,43,51)(H,44,53)(H,45,52)(H,46,50)(H,47,49)(H,48,54)/t24?,26?,31-,33-/m0/s1. The van der Waals surface area contributed by atoms with Crippen molar-refractivity contribution in [3.63, 3.8) is 0 Å². The van der Waals surface area contributed by atoms with Crippen LogP contribution in [-0.4, -0.2) is 65.5 Å². The number of alkyl carbamates (subject to hydrolysis) is 1. The normalized spacial score (nSPS) is 18.8. The Hall–Kier alpha value is -5.99. The summed E-state index contributed by atoms with van der Waals surface area (Å²) in [6.07, 6.45) is 2.73. The van der Waals surface area contributed by atoms with E-state index in [2.05, 4.69) is 31.6 Å². The molecule has 1 aliphatic heterocycles. The summed E-state index contributed by atoms with van der Waals surface area (Å²) in [6, 6.07) is 13.6. The number of amides is 5. The van der Waals surface area contributed by atoms with Gasteiger partial charge in [-0.25, -0.2) is 14.0 Å². The number of carbonyl (C=O) groups excluding carboxylic acids is 5. The third-order valence-corrected chi connectivity index (χ3v) is 10.1. The lowest BCUT2D eigenvalue weighted by molar-refractivity contribution is -0.130. The molecule has 6 rings (SSSR count). The highest BCUT2D eigenvalue weighted by Crippen LogP contribution is 2.30. The number of ether oxygens (including phenoxy) is 1. The van der Waals surface area contributed by atoms with Crippen LogP contribution in [0.5, 0.6) is 0 Å². The van der Waals surface area contributed by atoms with Gasteiger partial charge >= 0.3 is 11.8 Å². The monoisotopic (exact) mass is 770 g/mol. The molecule has 2 aliphatic rings. The van der Waals surface area contributed by atoms with Crippen molar-refractivity contribution in [3.8, 4) is 11.1 Å². The lowest BCUT2D eigenvalue weighted by Crippen LogP contribution is -2.48. The molecule has 0 spiro atoms. The van der Waals surface area contributed by atoms with Crippen molar-refractivity contribution in [1.29, 1.82) is 0 Å². The van der Waals surface area contributed by atoms with Crippen molar-refractivity contribution in [3.05, 3.63) is 87.7 Å². The Morgan fingerprint density at radius 2 is 1.70 bits per heavy atom. The summed E-state index contributed by atoms with van der Waals surface area (Å²) in [7, 11) is 0. The van der Waals surface area contributed by atoms with E-state index >= 15 is 0 Å². The van der Waals surface area contributed by atoms with E-state index in [1.807, 2.05) is 37.3 Å². The maximum Gasteiger partial charge on any atom is 0.417 e. The SMILES string of the molecule is Cc1cc(C(=O)N[C@H]2CCNC2=O)ccc1-c1ccc(C[C@H](NC(=O)C2CCC(CNC(=O)OC(C)(C)C)CC2)C(=O)Nc2cc(F)c3oc(=O)[nH]c3c2)cc1. The number of hydrogen-bond acceptors (Lipinski definition) is 8. The van der Waals surface area contributed by atoms with Gasteiger partial charge in [0, 0.05) is 42.7 Å². The van der Waals surface area contributed by atoms with Gasteiger partial charge in [0.05, 0.1) is 5.52 Å². The van der Waals surface area contributed by atoms with Crippen LogP contribution in [0.15, 0.2) is 63.8 Å². The molecule has 2 heterocycles. The van der Waals surface area contributed by atoms with E-state index in [9.17, 15) is 33.2 Å². The second-order valence-corrected chi connectivity index (χ2v) is 15.5. The molecule has 1 aromatic heterocycles. The summed E-state index contributed by atoms with van der Waals surface area (Å²) in [6.45, 7) is 8.24. The van der Waals surface area contributed by atoms with Crippen molar-refractivity contribution < 1.29 is 37.5 Å².